The average Bonchev–Trinajstić information content (AvgIpc) is 3.59. The van der Waals surface area contributed by atoms with Gasteiger partial charge in [0.25, 0.3) is 5.91 Å². The first-order valence-electron chi connectivity index (χ1n) is 15.1. The SMILES string of the molecule is COc1ccc(CN2CCC3(CCN(C[C@H]4CN(C(=O)c5ccccc5OC)C[C@@H]4c4ccccc4)CC3)C2=O)cc1. The predicted octanol–water partition coefficient (Wildman–Crippen LogP) is 5.07. The summed E-state index contributed by atoms with van der Waals surface area (Å²) in [6, 6.07) is 26.1. The lowest BCUT2D eigenvalue weighted by Crippen LogP contribution is -2.46. The van der Waals surface area contributed by atoms with E-state index >= 15 is 0 Å². The zero-order valence-corrected chi connectivity index (χ0v) is 24.7. The summed E-state index contributed by atoms with van der Waals surface area (Å²) in [5.41, 5.74) is 2.81. The van der Waals surface area contributed by atoms with Crippen LogP contribution in [0.15, 0.2) is 78.9 Å². The van der Waals surface area contributed by atoms with Crippen LogP contribution in [-0.4, -0.2) is 80.0 Å². The van der Waals surface area contributed by atoms with Gasteiger partial charge < -0.3 is 24.2 Å². The van der Waals surface area contributed by atoms with Crippen LogP contribution >= 0.6 is 0 Å². The number of carbonyl (C=O) groups excluding carboxylic acids is 2. The van der Waals surface area contributed by atoms with Crippen molar-refractivity contribution in [3.8, 4) is 11.5 Å². The van der Waals surface area contributed by atoms with E-state index in [1.54, 1.807) is 14.2 Å². The Balaban J connectivity index is 1.10. The van der Waals surface area contributed by atoms with Crippen molar-refractivity contribution in [1.29, 1.82) is 0 Å². The van der Waals surface area contributed by atoms with Crippen LogP contribution in [0, 0.1) is 11.3 Å². The standard InChI is InChI=1S/C35H41N3O4/c1-41-29-14-12-26(13-15-29)22-37-21-18-35(34(37)40)16-19-36(20-17-35)23-28-24-38(25-31(28)27-8-4-3-5-9-27)33(39)30-10-6-7-11-32(30)42-2/h3-15,28,31H,16-25H2,1-2H3/t28-,31+/m0/s1. The molecule has 220 valence electrons. The number of benzene rings is 3. The van der Waals surface area contributed by atoms with Crippen LogP contribution in [0.25, 0.3) is 0 Å². The number of piperidine rings is 1. The van der Waals surface area contributed by atoms with Gasteiger partial charge in [0.15, 0.2) is 0 Å². The molecule has 0 N–H and O–H groups in total. The van der Waals surface area contributed by atoms with Crippen molar-refractivity contribution >= 4 is 11.8 Å². The number of hydrogen-bond acceptors (Lipinski definition) is 5. The van der Waals surface area contributed by atoms with Crippen LogP contribution in [0.5, 0.6) is 11.5 Å². The molecule has 0 aromatic heterocycles. The van der Waals surface area contributed by atoms with Gasteiger partial charge in [0.2, 0.25) is 5.91 Å². The molecule has 7 heteroatoms. The summed E-state index contributed by atoms with van der Waals surface area (Å²) in [6.07, 6.45) is 2.74. The van der Waals surface area contributed by atoms with Crippen molar-refractivity contribution in [2.75, 3.05) is 53.5 Å². The Bertz CT molecular complexity index is 1380. The first kappa shape index (κ1) is 28.3. The number of hydrogen-bond donors (Lipinski definition) is 0. The van der Waals surface area contributed by atoms with Crippen molar-refractivity contribution in [2.24, 2.45) is 11.3 Å². The van der Waals surface area contributed by atoms with Crippen molar-refractivity contribution < 1.29 is 19.1 Å². The molecule has 3 aromatic rings. The first-order chi connectivity index (χ1) is 20.5. The second kappa shape index (κ2) is 12.2. The molecule has 3 saturated heterocycles. The number of likely N-dealkylation sites (tertiary alicyclic amines) is 3. The zero-order valence-electron chi connectivity index (χ0n) is 24.7. The van der Waals surface area contributed by atoms with E-state index in [0.29, 0.717) is 42.8 Å². The van der Waals surface area contributed by atoms with E-state index in [9.17, 15) is 9.59 Å². The number of nitrogens with zero attached hydrogens (tertiary/aromatic N) is 3. The largest absolute Gasteiger partial charge is 0.497 e. The molecule has 0 saturated carbocycles. The molecule has 3 fully saturated rings. The molecule has 7 nitrogen and oxygen atoms in total. The molecular formula is C35H41N3O4. The summed E-state index contributed by atoms with van der Waals surface area (Å²) >= 11 is 0. The second-order valence-electron chi connectivity index (χ2n) is 12.1. The third-order valence-electron chi connectivity index (χ3n) is 9.73. The summed E-state index contributed by atoms with van der Waals surface area (Å²) in [7, 11) is 3.28. The Kier molecular flexibility index (Phi) is 8.20. The highest BCUT2D eigenvalue weighted by atomic mass is 16.5. The highest BCUT2D eigenvalue weighted by Gasteiger charge is 2.48. The van der Waals surface area contributed by atoms with Crippen molar-refractivity contribution in [3.63, 3.8) is 0 Å². The Hall–Kier alpha value is -3.84. The van der Waals surface area contributed by atoms with Crippen LogP contribution in [0.4, 0.5) is 0 Å². The summed E-state index contributed by atoms with van der Waals surface area (Å²) in [5, 5.41) is 0. The minimum Gasteiger partial charge on any atom is -0.497 e. The quantitative estimate of drug-likeness (QED) is 0.380. The lowest BCUT2D eigenvalue weighted by molar-refractivity contribution is -0.139. The molecule has 42 heavy (non-hydrogen) atoms. The Labute approximate surface area is 249 Å². The third kappa shape index (κ3) is 5.62. The van der Waals surface area contributed by atoms with Crippen molar-refractivity contribution in [3.05, 3.63) is 95.6 Å². The van der Waals surface area contributed by atoms with Crippen LogP contribution in [0.2, 0.25) is 0 Å². The zero-order chi connectivity index (χ0) is 29.1. The maximum Gasteiger partial charge on any atom is 0.257 e. The fraction of sp³-hybridized carbons (Fsp3) is 0.429. The molecule has 2 atom stereocenters. The van der Waals surface area contributed by atoms with Crippen molar-refractivity contribution in [1.82, 2.24) is 14.7 Å². The predicted molar refractivity (Wildman–Crippen MR) is 163 cm³/mol. The van der Waals surface area contributed by atoms with Gasteiger partial charge in [-0.3, -0.25) is 9.59 Å². The molecule has 0 radical (unpaired) electrons. The lowest BCUT2D eigenvalue weighted by Gasteiger charge is -2.39. The van der Waals surface area contributed by atoms with Crippen LogP contribution in [0.3, 0.4) is 0 Å². The first-order valence-corrected chi connectivity index (χ1v) is 15.1. The van der Waals surface area contributed by atoms with E-state index in [4.69, 9.17) is 9.47 Å². The van der Waals surface area contributed by atoms with Gasteiger partial charge in [-0.15, -0.1) is 0 Å². The summed E-state index contributed by atoms with van der Waals surface area (Å²) in [5.74, 6) is 2.39. The molecule has 3 aliphatic heterocycles. The summed E-state index contributed by atoms with van der Waals surface area (Å²) in [6.45, 7) is 5.65. The molecule has 0 unspecified atom stereocenters. The minimum absolute atomic E-state index is 0.0296. The number of ether oxygens (including phenoxy) is 2. The van der Waals surface area contributed by atoms with Gasteiger partial charge in [0, 0.05) is 38.6 Å². The van der Waals surface area contributed by atoms with E-state index in [1.165, 1.54) is 5.56 Å². The molecule has 1 spiro atoms. The number of carbonyl (C=O) groups is 2. The Morgan fingerprint density at radius 2 is 1.52 bits per heavy atom. The number of methoxy groups -OCH3 is 2. The van der Waals surface area contributed by atoms with Gasteiger partial charge in [-0.25, -0.2) is 0 Å². The smallest absolute Gasteiger partial charge is 0.257 e. The van der Waals surface area contributed by atoms with Gasteiger partial charge >= 0.3 is 0 Å². The average molecular weight is 568 g/mol. The topological polar surface area (TPSA) is 62.3 Å². The van der Waals surface area contributed by atoms with Crippen molar-refractivity contribution in [2.45, 2.75) is 31.7 Å². The minimum atomic E-state index is -0.233. The molecule has 0 aliphatic carbocycles. The van der Waals surface area contributed by atoms with E-state index in [2.05, 4.69) is 29.2 Å². The number of para-hydroxylation sites is 1. The maximum absolute atomic E-state index is 13.6. The van der Waals surface area contributed by atoms with Gasteiger partial charge in [-0.2, -0.15) is 0 Å². The molecular weight excluding hydrogens is 526 g/mol. The van der Waals surface area contributed by atoms with Gasteiger partial charge in [-0.1, -0.05) is 54.6 Å². The van der Waals surface area contributed by atoms with Gasteiger partial charge in [-0.05, 0) is 73.7 Å². The van der Waals surface area contributed by atoms with E-state index < -0.39 is 0 Å². The van der Waals surface area contributed by atoms with E-state index in [-0.39, 0.29) is 17.2 Å². The summed E-state index contributed by atoms with van der Waals surface area (Å²) < 4.78 is 10.8. The molecule has 3 heterocycles. The fourth-order valence-electron chi connectivity index (χ4n) is 7.25. The molecule has 2 amide bonds. The monoisotopic (exact) mass is 567 g/mol. The molecule has 3 aliphatic rings. The Morgan fingerprint density at radius 3 is 2.24 bits per heavy atom. The highest BCUT2D eigenvalue weighted by molar-refractivity contribution is 5.97. The fourth-order valence-corrected chi connectivity index (χ4v) is 7.25. The van der Waals surface area contributed by atoms with Crippen LogP contribution in [-0.2, 0) is 11.3 Å². The van der Waals surface area contributed by atoms with E-state index in [1.807, 2.05) is 64.4 Å². The molecule has 0 bridgehead atoms. The maximum atomic E-state index is 13.6. The molecule has 6 rings (SSSR count). The van der Waals surface area contributed by atoms with Crippen LogP contribution in [0.1, 0.15) is 46.7 Å². The lowest BCUT2D eigenvalue weighted by atomic mass is 9.76. The third-order valence-corrected chi connectivity index (χ3v) is 9.73. The Morgan fingerprint density at radius 1 is 0.833 bits per heavy atom. The molecule has 3 aromatic carbocycles. The van der Waals surface area contributed by atoms with Crippen LogP contribution < -0.4 is 9.47 Å². The van der Waals surface area contributed by atoms with Gasteiger partial charge in [0.05, 0.1) is 25.2 Å². The normalized spacial score (nSPS) is 22.1. The second-order valence-corrected chi connectivity index (χ2v) is 12.1. The number of rotatable bonds is 8. The van der Waals surface area contributed by atoms with Gasteiger partial charge in [0.1, 0.15) is 11.5 Å². The highest BCUT2D eigenvalue weighted by Crippen LogP contribution is 2.43. The summed E-state index contributed by atoms with van der Waals surface area (Å²) in [4.78, 5) is 33.8. The number of amides is 2. The van der Waals surface area contributed by atoms with E-state index in [0.717, 1.165) is 56.8 Å².